The fourth-order valence-corrected chi connectivity index (χ4v) is 10.4. The summed E-state index contributed by atoms with van der Waals surface area (Å²) in [5.74, 6) is 1.26. The van der Waals surface area contributed by atoms with Crippen LogP contribution in [0.1, 0.15) is 40.7 Å². The standard InChI is InChI=1S/C61H43NO2/c1-3-15-42(16-4-1)44-29-31-45(32-30-44)46-33-35-48(36-34-46)62(49-20-13-19-47(41-49)43-17-5-2-6-18-43)58-27-14-28-59-60(58)64-40-38-57-53(37-39-63-59)52-23-9-12-26-56(52)61(57)54-24-10-7-21-50(54)51-22-8-11-25-55(51)61/h1-12,14-18,20-41H,13,19H2/b39-37+,40-38+. The second-order valence-corrected chi connectivity index (χ2v) is 16.7. The molecule has 3 heteroatoms. The molecule has 3 nitrogen and oxygen atoms in total. The zero-order valence-electron chi connectivity index (χ0n) is 35.2. The smallest absolute Gasteiger partial charge is 0.192 e. The van der Waals surface area contributed by atoms with Crippen LogP contribution in [0.2, 0.25) is 0 Å². The van der Waals surface area contributed by atoms with Crippen molar-refractivity contribution in [3.8, 4) is 44.9 Å². The number of anilines is 2. The second kappa shape index (κ2) is 15.6. The van der Waals surface area contributed by atoms with Crippen LogP contribution < -0.4 is 14.4 Å². The van der Waals surface area contributed by atoms with E-state index < -0.39 is 5.41 Å². The Morgan fingerprint density at radius 2 is 0.969 bits per heavy atom. The van der Waals surface area contributed by atoms with Crippen molar-refractivity contribution >= 4 is 22.5 Å². The maximum Gasteiger partial charge on any atom is 0.192 e. The van der Waals surface area contributed by atoms with Crippen molar-refractivity contribution in [3.63, 3.8) is 0 Å². The molecule has 0 fully saturated rings. The van der Waals surface area contributed by atoms with Gasteiger partial charge < -0.3 is 14.4 Å². The van der Waals surface area contributed by atoms with E-state index in [9.17, 15) is 0 Å². The van der Waals surface area contributed by atoms with Gasteiger partial charge in [0.2, 0.25) is 0 Å². The van der Waals surface area contributed by atoms with Gasteiger partial charge in [0.05, 0.1) is 23.6 Å². The Morgan fingerprint density at radius 1 is 0.438 bits per heavy atom. The van der Waals surface area contributed by atoms with Crippen LogP contribution >= 0.6 is 0 Å². The van der Waals surface area contributed by atoms with Crippen molar-refractivity contribution in [2.24, 2.45) is 0 Å². The molecule has 0 saturated heterocycles. The van der Waals surface area contributed by atoms with Crippen molar-refractivity contribution in [2.75, 3.05) is 4.90 Å². The fourth-order valence-electron chi connectivity index (χ4n) is 10.4. The first-order valence-corrected chi connectivity index (χ1v) is 22.1. The molecule has 0 radical (unpaired) electrons. The van der Waals surface area contributed by atoms with E-state index in [1.165, 1.54) is 61.2 Å². The highest BCUT2D eigenvalue weighted by molar-refractivity contribution is 5.98. The molecule has 0 aromatic heterocycles. The normalized spacial score (nSPS) is 16.1. The summed E-state index contributed by atoms with van der Waals surface area (Å²) in [5, 5.41) is 0. The van der Waals surface area contributed by atoms with Gasteiger partial charge in [0, 0.05) is 11.4 Å². The largest absolute Gasteiger partial charge is 0.461 e. The molecule has 8 aromatic carbocycles. The summed E-state index contributed by atoms with van der Waals surface area (Å²) in [4.78, 5) is 2.32. The zero-order valence-corrected chi connectivity index (χ0v) is 35.2. The van der Waals surface area contributed by atoms with E-state index in [0.29, 0.717) is 11.5 Å². The predicted octanol–water partition coefficient (Wildman–Crippen LogP) is 15.5. The summed E-state index contributed by atoms with van der Waals surface area (Å²) in [5.41, 5.74) is 19.5. The Kier molecular flexibility index (Phi) is 9.19. The molecule has 1 aliphatic heterocycles. The lowest BCUT2D eigenvalue weighted by molar-refractivity contribution is 0.417. The fraction of sp³-hybridized carbons (Fsp3) is 0.0492. The first-order chi connectivity index (χ1) is 31.8. The van der Waals surface area contributed by atoms with Crippen LogP contribution in [0.25, 0.3) is 44.5 Å². The maximum absolute atomic E-state index is 6.96. The molecule has 0 atom stereocenters. The average Bonchev–Trinajstić information content (AvgIpc) is 3.82. The van der Waals surface area contributed by atoms with Gasteiger partial charge in [-0.05, 0) is 133 Å². The molecule has 64 heavy (non-hydrogen) atoms. The Balaban J connectivity index is 0.969. The lowest BCUT2D eigenvalue weighted by Crippen LogP contribution is -2.26. The molecule has 0 bridgehead atoms. The number of hydrogen-bond acceptors (Lipinski definition) is 3. The van der Waals surface area contributed by atoms with Gasteiger partial charge in [0.1, 0.15) is 0 Å². The lowest BCUT2D eigenvalue weighted by Gasteiger charge is -2.32. The van der Waals surface area contributed by atoms with Gasteiger partial charge in [-0.1, -0.05) is 182 Å². The first kappa shape index (κ1) is 37.6. The van der Waals surface area contributed by atoms with Crippen molar-refractivity contribution in [2.45, 2.75) is 18.3 Å². The van der Waals surface area contributed by atoms with Crippen LogP contribution in [0.15, 0.2) is 248 Å². The SMILES string of the molecule is C1=C(c2ccccc2)CCC=C1N(c1ccc(-c2ccc(-c3ccccc3)cc2)cc1)c1cccc2c1O/C=C/C1=C(/C=C/O2)c2ccccc2C12c1ccccc1-c1ccccc12. The summed E-state index contributed by atoms with van der Waals surface area (Å²) >= 11 is 0. The monoisotopic (exact) mass is 821 g/mol. The molecule has 1 spiro atoms. The van der Waals surface area contributed by atoms with Gasteiger partial charge in [-0.15, -0.1) is 0 Å². The molecule has 4 aliphatic rings. The van der Waals surface area contributed by atoms with Gasteiger partial charge in [-0.25, -0.2) is 0 Å². The highest BCUT2D eigenvalue weighted by Gasteiger charge is 2.51. The van der Waals surface area contributed by atoms with Crippen LogP contribution in [-0.4, -0.2) is 0 Å². The van der Waals surface area contributed by atoms with Gasteiger partial charge in [0.15, 0.2) is 11.5 Å². The Hall–Kier alpha value is -8.14. The zero-order chi connectivity index (χ0) is 42.5. The van der Waals surface area contributed by atoms with E-state index in [4.69, 9.17) is 9.47 Å². The van der Waals surface area contributed by atoms with Crippen LogP contribution in [0.5, 0.6) is 11.5 Å². The molecule has 1 heterocycles. The minimum absolute atomic E-state index is 0.522. The van der Waals surface area contributed by atoms with Crippen molar-refractivity contribution in [1.29, 1.82) is 0 Å². The highest BCUT2D eigenvalue weighted by Crippen LogP contribution is 2.62. The third kappa shape index (κ3) is 6.12. The average molecular weight is 822 g/mol. The van der Waals surface area contributed by atoms with Crippen LogP contribution in [0, 0.1) is 0 Å². The third-order valence-corrected chi connectivity index (χ3v) is 13.3. The summed E-state index contributed by atoms with van der Waals surface area (Å²) in [6.45, 7) is 0. The van der Waals surface area contributed by atoms with Crippen molar-refractivity contribution < 1.29 is 9.47 Å². The van der Waals surface area contributed by atoms with E-state index in [1.54, 1.807) is 0 Å². The van der Waals surface area contributed by atoms with Crippen LogP contribution in [-0.2, 0) is 5.41 Å². The molecule has 0 amide bonds. The summed E-state index contributed by atoms with van der Waals surface area (Å²) < 4.78 is 13.6. The predicted molar refractivity (Wildman–Crippen MR) is 262 cm³/mol. The van der Waals surface area contributed by atoms with Gasteiger partial charge in [0.25, 0.3) is 0 Å². The van der Waals surface area contributed by atoms with Gasteiger partial charge >= 0.3 is 0 Å². The van der Waals surface area contributed by atoms with E-state index in [2.05, 4.69) is 223 Å². The highest BCUT2D eigenvalue weighted by atomic mass is 16.5. The minimum atomic E-state index is -0.522. The van der Waals surface area contributed by atoms with E-state index in [-0.39, 0.29) is 0 Å². The number of nitrogens with zero attached hydrogens (tertiary/aromatic N) is 1. The van der Waals surface area contributed by atoms with E-state index in [0.717, 1.165) is 46.6 Å². The van der Waals surface area contributed by atoms with Crippen molar-refractivity contribution in [1.82, 2.24) is 0 Å². The molecule has 12 rings (SSSR count). The molecule has 0 unspecified atom stereocenters. The second-order valence-electron chi connectivity index (χ2n) is 16.7. The van der Waals surface area contributed by atoms with Crippen LogP contribution in [0.4, 0.5) is 11.4 Å². The number of benzene rings is 8. The van der Waals surface area contributed by atoms with Crippen molar-refractivity contribution in [3.05, 3.63) is 276 Å². The molecule has 8 aromatic rings. The van der Waals surface area contributed by atoms with E-state index in [1.807, 2.05) is 18.6 Å². The summed E-state index contributed by atoms with van der Waals surface area (Å²) in [7, 11) is 0. The van der Waals surface area contributed by atoms with Gasteiger partial charge in [-0.2, -0.15) is 0 Å². The number of hydrogen-bond donors (Lipinski definition) is 0. The molecule has 0 N–H and O–H groups in total. The molecular formula is C61H43NO2. The van der Waals surface area contributed by atoms with Gasteiger partial charge in [-0.3, -0.25) is 0 Å². The molecule has 0 saturated carbocycles. The minimum Gasteiger partial charge on any atom is -0.461 e. The quantitative estimate of drug-likeness (QED) is 0.167. The summed E-state index contributed by atoms with van der Waals surface area (Å²) in [6.07, 6.45) is 14.6. The topological polar surface area (TPSA) is 21.7 Å². The number of allylic oxidation sites excluding steroid dienone is 7. The Bertz CT molecular complexity index is 3200. The number of rotatable bonds is 6. The first-order valence-electron chi connectivity index (χ1n) is 22.1. The Labute approximate surface area is 374 Å². The lowest BCUT2D eigenvalue weighted by atomic mass is 9.69. The van der Waals surface area contributed by atoms with E-state index >= 15 is 0 Å². The molecule has 3 aliphatic carbocycles. The number of para-hydroxylation sites is 1. The number of ether oxygens (including phenoxy) is 2. The van der Waals surface area contributed by atoms with Crippen LogP contribution in [0.3, 0.4) is 0 Å². The third-order valence-electron chi connectivity index (χ3n) is 13.3. The maximum atomic E-state index is 6.96. The molecule has 304 valence electrons. The summed E-state index contributed by atoms with van der Waals surface area (Å²) in [6, 6.07) is 71.6. The Morgan fingerprint density at radius 3 is 1.62 bits per heavy atom. The molecular weight excluding hydrogens is 779 g/mol. The number of fused-ring (bicyclic) bond motifs is 10.